The van der Waals surface area contributed by atoms with E-state index in [1.807, 2.05) is 13.8 Å². The Morgan fingerprint density at radius 3 is 2.59 bits per heavy atom. The molecule has 0 aliphatic rings. The molecule has 0 aliphatic carbocycles. The van der Waals surface area contributed by atoms with Crippen molar-refractivity contribution in [1.29, 1.82) is 0 Å². The molecule has 0 aliphatic heterocycles. The summed E-state index contributed by atoms with van der Waals surface area (Å²) >= 11 is 0. The fourth-order valence-corrected chi connectivity index (χ4v) is 1.92. The molecule has 1 heterocycles. The van der Waals surface area contributed by atoms with Crippen LogP contribution in [-0.2, 0) is 0 Å². The lowest BCUT2D eigenvalue weighted by atomic mass is 10.3. The fourth-order valence-electron chi connectivity index (χ4n) is 1.92. The maximum absolute atomic E-state index is 13.6. The number of rotatable bonds is 5. The molecule has 2 rings (SSSR count). The number of hydrogen-bond acceptors (Lipinski definition) is 4. The van der Waals surface area contributed by atoms with Crippen LogP contribution >= 0.6 is 0 Å². The summed E-state index contributed by atoms with van der Waals surface area (Å²) in [6, 6.07) is 4.61. The molecule has 1 amide bonds. The van der Waals surface area contributed by atoms with Crippen molar-refractivity contribution in [2.75, 3.05) is 18.4 Å². The van der Waals surface area contributed by atoms with E-state index in [2.05, 4.69) is 15.3 Å². The number of hydrogen-bond donors (Lipinski definition) is 1. The van der Waals surface area contributed by atoms with Crippen LogP contribution in [0.5, 0.6) is 0 Å². The third-order valence-electron chi connectivity index (χ3n) is 3.10. The quantitative estimate of drug-likeness (QED) is 0.922. The van der Waals surface area contributed by atoms with Crippen LogP contribution in [0.3, 0.4) is 0 Å². The zero-order valence-electron chi connectivity index (χ0n) is 12.3. The van der Waals surface area contributed by atoms with Crippen LogP contribution in [0.2, 0.25) is 0 Å². The summed E-state index contributed by atoms with van der Waals surface area (Å²) in [5.74, 6) is -1.59. The van der Waals surface area contributed by atoms with Gasteiger partial charge in [0.05, 0.1) is 5.69 Å². The van der Waals surface area contributed by atoms with Crippen molar-refractivity contribution in [3.63, 3.8) is 0 Å². The highest BCUT2D eigenvalue weighted by Crippen LogP contribution is 2.18. The molecule has 0 fully saturated rings. The van der Waals surface area contributed by atoms with Gasteiger partial charge < -0.3 is 10.2 Å². The van der Waals surface area contributed by atoms with Gasteiger partial charge in [0.1, 0.15) is 17.3 Å². The number of amides is 1. The van der Waals surface area contributed by atoms with Crippen molar-refractivity contribution in [3.05, 3.63) is 47.8 Å². The summed E-state index contributed by atoms with van der Waals surface area (Å²) < 4.78 is 26.5. The van der Waals surface area contributed by atoms with Crippen LogP contribution in [-0.4, -0.2) is 33.9 Å². The Morgan fingerprint density at radius 1 is 1.23 bits per heavy atom. The Hall–Kier alpha value is -2.57. The van der Waals surface area contributed by atoms with E-state index in [1.54, 1.807) is 4.90 Å². The van der Waals surface area contributed by atoms with E-state index in [1.165, 1.54) is 18.3 Å². The predicted molar refractivity (Wildman–Crippen MR) is 78.9 cm³/mol. The minimum absolute atomic E-state index is 0.0360. The van der Waals surface area contributed by atoms with Gasteiger partial charge in [-0.3, -0.25) is 4.79 Å². The molecule has 0 unspecified atom stereocenters. The third kappa shape index (κ3) is 3.55. The van der Waals surface area contributed by atoms with E-state index in [0.717, 1.165) is 12.1 Å². The van der Waals surface area contributed by atoms with Gasteiger partial charge in [-0.2, -0.15) is 0 Å². The first-order valence-electron chi connectivity index (χ1n) is 6.89. The Balaban J connectivity index is 2.23. The molecule has 0 saturated heterocycles. The molecule has 0 spiro atoms. The van der Waals surface area contributed by atoms with E-state index >= 15 is 0 Å². The number of nitrogens with one attached hydrogen (secondary N) is 1. The molecule has 22 heavy (non-hydrogen) atoms. The van der Waals surface area contributed by atoms with Crippen molar-refractivity contribution in [2.45, 2.75) is 13.8 Å². The zero-order chi connectivity index (χ0) is 16.1. The lowest BCUT2D eigenvalue weighted by Crippen LogP contribution is -2.31. The van der Waals surface area contributed by atoms with Crippen LogP contribution < -0.4 is 5.32 Å². The van der Waals surface area contributed by atoms with Gasteiger partial charge in [-0.25, -0.2) is 18.7 Å². The first-order valence-corrected chi connectivity index (χ1v) is 6.89. The van der Waals surface area contributed by atoms with Gasteiger partial charge in [0.25, 0.3) is 5.91 Å². The Kier molecular flexibility index (Phi) is 4.98. The molecule has 0 atom stereocenters. The van der Waals surface area contributed by atoms with E-state index in [-0.39, 0.29) is 23.2 Å². The zero-order valence-corrected chi connectivity index (χ0v) is 12.3. The lowest BCUT2D eigenvalue weighted by molar-refractivity contribution is 0.0767. The molecule has 0 saturated carbocycles. The summed E-state index contributed by atoms with van der Waals surface area (Å²) in [5.41, 5.74) is 0.248. The molecular weight excluding hydrogens is 290 g/mol. The second-order valence-electron chi connectivity index (χ2n) is 4.49. The van der Waals surface area contributed by atoms with Gasteiger partial charge in [0, 0.05) is 25.4 Å². The fraction of sp³-hybridized carbons (Fsp3) is 0.267. The summed E-state index contributed by atoms with van der Waals surface area (Å²) in [7, 11) is 0. The number of carbonyl (C=O) groups is 1. The Labute approximate surface area is 127 Å². The van der Waals surface area contributed by atoms with E-state index in [0.29, 0.717) is 13.1 Å². The minimum atomic E-state index is -0.760. The molecular formula is C15H16F2N4O. The Morgan fingerprint density at radius 2 is 1.95 bits per heavy atom. The highest BCUT2D eigenvalue weighted by Gasteiger charge is 2.15. The van der Waals surface area contributed by atoms with E-state index in [9.17, 15) is 13.6 Å². The van der Waals surface area contributed by atoms with Gasteiger partial charge in [-0.05, 0) is 32.0 Å². The maximum Gasteiger partial charge on any atom is 0.272 e. The molecule has 0 bridgehead atoms. The van der Waals surface area contributed by atoms with E-state index < -0.39 is 11.6 Å². The largest absolute Gasteiger partial charge is 0.338 e. The minimum Gasteiger partial charge on any atom is -0.338 e. The summed E-state index contributed by atoms with van der Waals surface area (Å²) in [6.45, 7) is 4.87. The predicted octanol–water partition coefficient (Wildman–Crippen LogP) is 2.98. The number of anilines is 2. The second-order valence-corrected chi connectivity index (χ2v) is 4.49. The topological polar surface area (TPSA) is 58.1 Å². The van der Waals surface area contributed by atoms with Gasteiger partial charge in [-0.1, -0.05) is 0 Å². The molecule has 1 aromatic carbocycles. The van der Waals surface area contributed by atoms with Crippen molar-refractivity contribution >= 4 is 17.5 Å². The highest BCUT2D eigenvalue weighted by molar-refractivity contribution is 5.92. The van der Waals surface area contributed by atoms with Crippen LogP contribution in [0.25, 0.3) is 0 Å². The molecule has 7 heteroatoms. The van der Waals surface area contributed by atoms with Crippen molar-refractivity contribution < 1.29 is 13.6 Å². The number of halogens is 2. The Bertz CT molecular complexity index is 674. The van der Waals surface area contributed by atoms with Crippen LogP contribution in [0, 0.1) is 11.6 Å². The average molecular weight is 306 g/mol. The van der Waals surface area contributed by atoms with Crippen molar-refractivity contribution in [3.8, 4) is 0 Å². The third-order valence-corrected chi connectivity index (χ3v) is 3.10. The standard InChI is InChI=1S/C15H16F2N4O/c1-3-21(4-2)14(22)13-7-8-18-15(20-13)19-12-6-5-10(16)9-11(12)17/h5-9H,3-4H2,1-2H3,(H,18,19,20). The van der Waals surface area contributed by atoms with Crippen molar-refractivity contribution in [1.82, 2.24) is 14.9 Å². The monoisotopic (exact) mass is 306 g/mol. The van der Waals surface area contributed by atoms with E-state index in [4.69, 9.17) is 0 Å². The summed E-state index contributed by atoms with van der Waals surface area (Å²) in [5, 5.41) is 2.64. The number of nitrogens with zero attached hydrogens (tertiary/aromatic N) is 3. The number of aromatic nitrogens is 2. The molecule has 116 valence electrons. The summed E-state index contributed by atoms with van der Waals surface area (Å²) in [6.07, 6.45) is 1.41. The lowest BCUT2D eigenvalue weighted by Gasteiger charge is -2.18. The number of benzene rings is 1. The first-order chi connectivity index (χ1) is 10.5. The van der Waals surface area contributed by atoms with Gasteiger partial charge in [0.15, 0.2) is 0 Å². The highest BCUT2D eigenvalue weighted by atomic mass is 19.1. The second kappa shape index (κ2) is 6.93. The SMILES string of the molecule is CCN(CC)C(=O)c1ccnc(Nc2ccc(F)cc2F)n1. The average Bonchev–Trinajstić information content (AvgIpc) is 2.51. The maximum atomic E-state index is 13.6. The normalized spacial score (nSPS) is 10.4. The summed E-state index contributed by atoms with van der Waals surface area (Å²) in [4.78, 5) is 21.8. The molecule has 1 aromatic heterocycles. The molecule has 5 nitrogen and oxygen atoms in total. The van der Waals surface area contributed by atoms with Crippen LogP contribution in [0.4, 0.5) is 20.4 Å². The molecule has 0 radical (unpaired) electrons. The molecule has 1 N–H and O–H groups in total. The van der Waals surface area contributed by atoms with Crippen molar-refractivity contribution in [2.24, 2.45) is 0 Å². The van der Waals surface area contributed by atoms with Gasteiger partial charge in [-0.15, -0.1) is 0 Å². The van der Waals surface area contributed by atoms with Crippen LogP contribution in [0.15, 0.2) is 30.5 Å². The molecule has 2 aromatic rings. The smallest absolute Gasteiger partial charge is 0.272 e. The van der Waals surface area contributed by atoms with Gasteiger partial charge >= 0.3 is 0 Å². The number of carbonyl (C=O) groups excluding carboxylic acids is 1. The first kappa shape index (κ1) is 15.8. The van der Waals surface area contributed by atoms with Crippen LogP contribution in [0.1, 0.15) is 24.3 Å². The van der Waals surface area contributed by atoms with Gasteiger partial charge in [0.2, 0.25) is 5.95 Å².